The van der Waals surface area contributed by atoms with Gasteiger partial charge in [0.15, 0.2) is 0 Å². The van der Waals surface area contributed by atoms with Crippen LogP contribution in [0.1, 0.15) is 46.0 Å². The van der Waals surface area contributed by atoms with Gasteiger partial charge in [-0.3, -0.25) is 14.4 Å². The van der Waals surface area contributed by atoms with E-state index in [1.807, 2.05) is 6.92 Å². The van der Waals surface area contributed by atoms with Crippen LogP contribution in [0.3, 0.4) is 0 Å². The van der Waals surface area contributed by atoms with Crippen molar-refractivity contribution in [2.45, 2.75) is 52.0 Å². The maximum atomic E-state index is 11.8. The van der Waals surface area contributed by atoms with Crippen LogP contribution in [0.2, 0.25) is 0 Å². The molecule has 1 atom stereocenters. The van der Waals surface area contributed by atoms with Gasteiger partial charge in [0, 0.05) is 19.8 Å². The first kappa shape index (κ1) is 15.1. The van der Waals surface area contributed by atoms with Crippen molar-refractivity contribution in [2.75, 3.05) is 0 Å². The van der Waals surface area contributed by atoms with Crippen LogP contribution in [0.25, 0.3) is 0 Å². The molecule has 1 aliphatic heterocycles. The molecule has 106 valence electrons. The van der Waals surface area contributed by atoms with E-state index in [1.54, 1.807) is 0 Å². The lowest BCUT2D eigenvalue weighted by atomic mass is 10.1. The molecule has 1 fully saturated rings. The number of carbonyl (C=O) groups is 4. The summed E-state index contributed by atoms with van der Waals surface area (Å²) in [6.07, 6.45) is 2.08. The minimum absolute atomic E-state index is 0.0475. The van der Waals surface area contributed by atoms with Gasteiger partial charge in [-0.15, -0.1) is 5.06 Å². The molecule has 1 N–H and O–H groups in total. The van der Waals surface area contributed by atoms with Gasteiger partial charge in [0.2, 0.25) is 5.91 Å². The van der Waals surface area contributed by atoms with Gasteiger partial charge in [-0.05, 0) is 6.42 Å². The molecule has 1 saturated heterocycles. The second-order valence-electron chi connectivity index (χ2n) is 4.39. The molecule has 1 rings (SSSR count). The summed E-state index contributed by atoms with van der Waals surface area (Å²) in [4.78, 5) is 50.3. The average molecular weight is 270 g/mol. The van der Waals surface area contributed by atoms with E-state index in [1.165, 1.54) is 6.92 Å². The van der Waals surface area contributed by atoms with E-state index >= 15 is 0 Å². The highest BCUT2D eigenvalue weighted by atomic mass is 16.7. The molecular formula is C12H18N2O5. The van der Waals surface area contributed by atoms with E-state index < -0.39 is 23.8 Å². The van der Waals surface area contributed by atoms with Crippen molar-refractivity contribution in [1.29, 1.82) is 0 Å². The van der Waals surface area contributed by atoms with Crippen LogP contribution in [0, 0.1) is 0 Å². The number of hydrogen-bond donors (Lipinski definition) is 1. The van der Waals surface area contributed by atoms with Crippen LogP contribution >= 0.6 is 0 Å². The first-order chi connectivity index (χ1) is 8.95. The molecule has 3 amide bonds. The number of amides is 3. The predicted octanol–water partition coefficient (Wildman–Crippen LogP) is 0.288. The van der Waals surface area contributed by atoms with Crippen LogP contribution in [0.5, 0.6) is 0 Å². The van der Waals surface area contributed by atoms with E-state index in [-0.39, 0.29) is 18.7 Å². The fourth-order valence-electron chi connectivity index (χ4n) is 1.71. The molecule has 0 radical (unpaired) electrons. The first-order valence-electron chi connectivity index (χ1n) is 6.30. The van der Waals surface area contributed by atoms with Crippen molar-refractivity contribution < 1.29 is 24.0 Å². The molecule has 0 aromatic carbocycles. The molecule has 0 bridgehead atoms. The molecular weight excluding hydrogens is 252 g/mol. The number of imide groups is 1. The Labute approximate surface area is 111 Å². The molecule has 1 heterocycles. The summed E-state index contributed by atoms with van der Waals surface area (Å²) in [6, 6.07) is -0.835. The van der Waals surface area contributed by atoms with E-state index in [9.17, 15) is 19.2 Å². The van der Waals surface area contributed by atoms with Gasteiger partial charge >= 0.3 is 5.97 Å². The molecule has 0 saturated carbocycles. The van der Waals surface area contributed by atoms with Crippen LogP contribution in [0.15, 0.2) is 0 Å². The predicted molar refractivity (Wildman–Crippen MR) is 64.3 cm³/mol. The molecule has 19 heavy (non-hydrogen) atoms. The molecule has 7 heteroatoms. The molecule has 1 aliphatic rings. The first-order valence-corrected chi connectivity index (χ1v) is 6.30. The van der Waals surface area contributed by atoms with Gasteiger partial charge in [0.1, 0.15) is 6.04 Å². The highest BCUT2D eigenvalue weighted by Gasteiger charge is 2.34. The van der Waals surface area contributed by atoms with Gasteiger partial charge in [0.05, 0.1) is 0 Å². The maximum absolute atomic E-state index is 11.8. The number of rotatable bonds is 6. The fourth-order valence-corrected chi connectivity index (χ4v) is 1.71. The summed E-state index contributed by atoms with van der Waals surface area (Å²) < 4.78 is 0. The summed E-state index contributed by atoms with van der Waals surface area (Å²) >= 11 is 0. The summed E-state index contributed by atoms with van der Waals surface area (Å²) in [7, 11) is 0. The van der Waals surface area contributed by atoms with Crippen LogP contribution in [-0.2, 0) is 24.0 Å². The largest absolute Gasteiger partial charge is 0.355 e. The van der Waals surface area contributed by atoms with Gasteiger partial charge < -0.3 is 10.2 Å². The normalized spacial score (nSPS) is 16.4. The number of nitrogens with zero attached hydrogens (tertiary/aromatic N) is 1. The zero-order valence-electron chi connectivity index (χ0n) is 11.1. The van der Waals surface area contributed by atoms with Crippen LogP contribution in [-0.4, -0.2) is 34.8 Å². The monoisotopic (exact) mass is 270 g/mol. The average Bonchev–Trinajstić information content (AvgIpc) is 2.65. The maximum Gasteiger partial charge on any atom is 0.355 e. The number of hydroxylamine groups is 2. The summed E-state index contributed by atoms with van der Waals surface area (Å²) in [5, 5.41) is 2.94. The Morgan fingerprint density at radius 1 is 1.32 bits per heavy atom. The third-order valence-corrected chi connectivity index (χ3v) is 2.70. The number of hydrogen-bond acceptors (Lipinski definition) is 5. The number of nitrogens with one attached hydrogen (secondary N) is 1. The Hall–Kier alpha value is -1.92. The second kappa shape index (κ2) is 6.86. The lowest BCUT2D eigenvalue weighted by Gasteiger charge is -2.19. The zero-order chi connectivity index (χ0) is 14.4. The number of unbranched alkanes of at least 4 members (excludes halogenated alkanes) is 1. The van der Waals surface area contributed by atoms with E-state index in [2.05, 4.69) is 5.32 Å². The minimum Gasteiger partial charge on any atom is -0.343 e. The molecule has 7 nitrogen and oxygen atoms in total. The lowest BCUT2D eigenvalue weighted by molar-refractivity contribution is -0.199. The topological polar surface area (TPSA) is 92.8 Å². The van der Waals surface area contributed by atoms with Gasteiger partial charge in [-0.1, -0.05) is 19.8 Å². The third kappa shape index (κ3) is 4.35. The highest BCUT2D eigenvalue weighted by Crippen LogP contribution is 2.13. The van der Waals surface area contributed by atoms with Crippen molar-refractivity contribution in [3.63, 3.8) is 0 Å². The van der Waals surface area contributed by atoms with Crippen molar-refractivity contribution in [2.24, 2.45) is 0 Å². The molecule has 0 unspecified atom stereocenters. The lowest BCUT2D eigenvalue weighted by Crippen LogP contribution is -2.44. The van der Waals surface area contributed by atoms with Crippen molar-refractivity contribution in [3.05, 3.63) is 0 Å². The van der Waals surface area contributed by atoms with E-state index in [0.29, 0.717) is 11.5 Å². The standard InChI is InChI=1S/C12H18N2O5/c1-3-4-5-9(13-8(2)15)12(18)19-14-10(16)6-7-11(14)17/h9H,3-7H2,1-2H3,(H,13,15)/t9-/m0/s1. The Balaban J connectivity index is 2.62. The quantitative estimate of drug-likeness (QED) is 0.700. The summed E-state index contributed by atoms with van der Waals surface area (Å²) in [5.74, 6) is -2.21. The minimum atomic E-state index is -0.835. The van der Waals surface area contributed by atoms with E-state index in [0.717, 1.165) is 12.8 Å². The van der Waals surface area contributed by atoms with Gasteiger partial charge in [0.25, 0.3) is 11.8 Å². The Kier molecular flexibility index (Phi) is 5.47. The zero-order valence-corrected chi connectivity index (χ0v) is 11.1. The third-order valence-electron chi connectivity index (χ3n) is 2.70. The molecule has 0 aromatic rings. The van der Waals surface area contributed by atoms with Crippen LogP contribution in [0.4, 0.5) is 0 Å². The van der Waals surface area contributed by atoms with Gasteiger partial charge in [-0.2, -0.15) is 0 Å². The van der Waals surface area contributed by atoms with E-state index in [4.69, 9.17) is 4.84 Å². The molecule has 0 aromatic heterocycles. The Bertz CT molecular complexity index is 378. The number of carbonyl (C=O) groups excluding carboxylic acids is 4. The Morgan fingerprint density at radius 2 is 1.89 bits per heavy atom. The molecule has 0 spiro atoms. The van der Waals surface area contributed by atoms with Crippen molar-refractivity contribution >= 4 is 23.7 Å². The summed E-state index contributed by atoms with van der Waals surface area (Å²) in [6.45, 7) is 3.24. The van der Waals surface area contributed by atoms with Crippen molar-refractivity contribution in [3.8, 4) is 0 Å². The fraction of sp³-hybridized carbons (Fsp3) is 0.667. The Morgan fingerprint density at radius 3 is 2.37 bits per heavy atom. The highest BCUT2D eigenvalue weighted by molar-refractivity contribution is 6.01. The molecule has 0 aliphatic carbocycles. The second-order valence-corrected chi connectivity index (χ2v) is 4.39. The summed E-state index contributed by atoms with van der Waals surface area (Å²) in [5.41, 5.74) is 0. The smallest absolute Gasteiger partial charge is 0.343 e. The SMILES string of the molecule is CCCC[C@H](NC(C)=O)C(=O)ON1C(=O)CCC1=O. The van der Waals surface area contributed by atoms with Gasteiger partial charge in [-0.25, -0.2) is 4.79 Å². The van der Waals surface area contributed by atoms with Crippen molar-refractivity contribution in [1.82, 2.24) is 10.4 Å². The van der Waals surface area contributed by atoms with Crippen LogP contribution < -0.4 is 5.32 Å².